The molecular formula is C14H11BrN2O. The van der Waals surface area contributed by atoms with Gasteiger partial charge < -0.3 is 4.74 Å². The van der Waals surface area contributed by atoms with E-state index in [-0.39, 0.29) is 0 Å². The number of pyridine rings is 1. The van der Waals surface area contributed by atoms with Gasteiger partial charge in [-0.1, -0.05) is 12.1 Å². The number of aromatic nitrogens is 1. The first-order valence-electron chi connectivity index (χ1n) is 5.44. The average Bonchev–Trinajstić information content (AvgIpc) is 2.37. The molecule has 2 aromatic rings. The second-order valence-electron chi connectivity index (χ2n) is 3.84. The van der Waals surface area contributed by atoms with Crippen molar-refractivity contribution in [2.24, 2.45) is 0 Å². The van der Waals surface area contributed by atoms with Gasteiger partial charge in [0.15, 0.2) is 0 Å². The summed E-state index contributed by atoms with van der Waals surface area (Å²) in [5, 5.41) is 8.79. The van der Waals surface area contributed by atoms with Gasteiger partial charge in [0.05, 0.1) is 11.6 Å². The van der Waals surface area contributed by atoms with E-state index in [2.05, 4.69) is 27.0 Å². The molecule has 0 amide bonds. The highest BCUT2D eigenvalue weighted by molar-refractivity contribution is 9.10. The van der Waals surface area contributed by atoms with Crippen LogP contribution in [0.15, 0.2) is 41.0 Å². The van der Waals surface area contributed by atoms with E-state index in [1.807, 2.05) is 37.3 Å². The lowest BCUT2D eigenvalue weighted by molar-refractivity contribution is 0.292. The summed E-state index contributed by atoms with van der Waals surface area (Å²) in [7, 11) is 0. The molecule has 0 saturated carbocycles. The van der Waals surface area contributed by atoms with Crippen molar-refractivity contribution in [3.63, 3.8) is 0 Å². The summed E-state index contributed by atoms with van der Waals surface area (Å²) in [6.07, 6.45) is 0. The van der Waals surface area contributed by atoms with E-state index in [9.17, 15) is 0 Å². The third-order valence-corrected chi connectivity index (χ3v) is 2.98. The first-order chi connectivity index (χ1) is 8.69. The van der Waals surface area contributed by atoms with Crippen LogP contribution in [-0.2, 0) is 6.61 Å². The van der Waals surface area contributed by atoms with Crippen LogP contribution in [0.1, 0.15) is 16.7 Å². The molecule has 0 N–H and O–H groups in total. The first-order valence-corrected chi connectivity index (χ1v) is 6.23. The minimum atomic E-state index is 0.445. The van der Waals surface area contributed by atoms with Crippen LogP contribution < -0.4 is 4.74 Å². The zero-order valence-electron chi connectivity index (χ0n) is 9.85. The first kappa shape index (κ1) is 12.6. The summed E-state index contributed by atoms with van der Waals surface area (Å²) in [6.45, 7) is 2.41. The van der Waals surface area contributed by atoms with Crippen molar-refractivity contribution in [2.45, 2.75) is 13.5 Å². The molecule has 0 atom stereocenters. The van der Waals surface area contributed by atoms with Crippen LogP contribution >= 0.6 is 15.9 Å². The van der Waals surface area contributed by atoms with E-state index < -0.39 is 0 Å². The molecule has 4 heteroatoms. The fraction of sp³-hybridized carbons (Fsp3) is 0.143. The van der Waals surface area contributed by atoms with Gasteiger partial charge in [0.1, 0.15) is 11.2 Å². The molecule has 2 rings (SSSR count). The number of nitriles is 1. The normalized spacial score (nSPS) is 9.83. The minimum absolute atomic E-state index is 0.445. The molecule has 0 unspecified atom stereocenters. The standard InChI is InChI=1S/C14H11BrN2O/c1-10-7-11(8-16)5-6-12(10)9-18-14-4-2-3-13(15)17-14/h2-7H,9H2,1H3. The molecule has 1 heterocycles. The Morgan fingerprint density at radius 2 is 2.17 bits per heavy atom. The van der Waals surface area contributed by atoms with Gasteiger partial charge in [-0.05, 0) is 52.2 Å². The molecule has 90 valence electrons. The van der Waals surface area contributed by atoms with Crippen molar-refractivity contribution >= 4 is 15.9 Å². The van der Waals surface area contributed by atoms with E-state index in [0.29, 0.717) is 18.1 Å². The van der Waals surface area contributed by atoms with E-state index >= 15 is 0 Å². The fourth-order valence-electron chi connectivity index (χ4n) is 1.55. The van der Waals surface area contributed by atoms with Gasteiger partial charge in [-0.25, -0.2) is 4.98 Å². The van der Waals surface area contributed by atoms with Crippen molar-refractivity contribution < 1.29 is 4.74 Å². The van der Waals surface area contributed by atoms with Crippen molar-refractivity contribution in [3.05, 3.63) is 57.7 Å². The SMILES string of the molecule is Cc1cc(C#N)ccc1COc1cccc(Br)n1. The Balaban J connectivity index is 2.09. The maximum absolute atomic E-state index is 8.79. The molecule has 3 nitrogen and oxygen atoms in total. The molecule has 0 aliphatic heterocycles. The summed E-state index contributed by atoms with van der Waals surface area (Å²) in [5.74, 6) is 0.577. The number of halogens is 1. The number of hydrogen-bond acceptors (Lipinski definition) is 3. The third kappa shape index (κ3) is 3.08. The molecule has 0 aliphatic rings. The molecule has 0 aliphatic carbocycles. The number of ether oxygens (including phenoxy) is 1. The lowest BCUT2D eigenvalue weighted by Crippen LogP contribution is -1.99. The maximum Gasteiger partial charge on any atom is 0.214 e. The van der Waals surface area contributed by atoms with Gasteiger partial charge in [-0.2, -0.15) is 5.26 Å². The quantitative estimate of drug-likeness (QED) is 0.814. The van der Waals surface area contributed by atoms with Gasteiger partial charge in [0, 0.05) is 6.07 Å². The molecular weight excluding hydrogens is 292 g/mol. The largest absolute Gasteiger partial charge is 0.473 e. The number of aryl methyl sites for hydroxylation is 1. The lowest BCUT2D eigenvalue weighted by atomic mass is 10.1. The Bertz CT molecular complexity index is 605. The third-order valence-electron chi connectivity index (χ3n) is 2.54. The average molecular weight is 303 g/mol. The number of nitrogens with zero attached hydrogens (tertiary/aromatic N) is 2. The number of rotatable bonds is 3. The summed E-state index contributed by atoms with van der Waals surface area (Å²) in [5.41, 5.74) is 2.76. The molecule has 0 bridgehead atoms. The predicted molar refractivity (Wildman–Crippen MR) is 72.2 cm³/mol. The van der Waals surface area contributed by atoms with Gasteiger partial charge in [0.25, 0.3) is 0 Å². The van der Waals surface area contributed by atoms with Crippen molar-refractivity contribution in [3.8, 4) is 11.9 Å². The topological polar surface area (TPSA) is 45.9 Å². The molecule has 1 aromatic heterocycles. The summed E-state index contributed by atoms with van der Waals surface area (Å²) < 4.78 is 6.35. The van der Waals surface area contributed by atoms with E-state index in [4.69, 9.17) is 10.00 Å². The van der Waals surface area contributed by atoms with Crippen LogP contribution in [0.5, 0.6) is 5.88 Å². The minimum Gasteiger partial charge on any atom is -0.473 e. The Hall–Kier alpha value is -1.86. The predicted octanol–water partition coefficient (Wildman–Crippen LogP) is 3.60. The van der Waals surface area contributed by atoms with Crippen molar-refractivity contribution in [1.29, 1.82) is 5.26 Å². The maximum atomic E-state index is 8.79. The van der Waals surface area contributed by atoms with Gasteiger partial charge >= 0.3 is 0 Å². The Morgan fingerprint density at radius 1 is 1.33 bits per heavy atom. The second-order valence-corrected chi connectivity index (χ2v) is 4.65. The molecule has 1 aromatic carbocycles. The second kappa shape index (κ2) is 5.65. The van der Waals surface area contributed by atoms with Gasteiger partial charge in [-0.15, -0.1) is 0 Å². The monoisotopic (exact) mass is 302 g/mol. The fourth-order valence-corrected chi connectivity index (χ4v) is 1.88. The van der Waals surface area contributed by atoms with E-state index in [0.717, 1.165) is 15.7 Å². The van der Waals surface area contributed by atoms with E-state index in [1.54, 1.807) is 6.07 Å². The highest BCUT2D eigenvalue weighted by Crippen LogP contribution is 2.16. The Morgan fingerprint density at radius 3 is 2.83 bits per heavy atom. The summed E-state index contributed by atoms with van der Waals surface area (Å²) in [6, 6.07) is 13.2. The Labute approximate surface area is 114 Å². The smallest absolute Gasteiger partial charge is 0.214 e. The van der Waals surface area contributed by atoms with Gasteiger partial charge in [-0.3, -0.25) is 0 Å². The zero-order chi connectivity index (χ0) is 13.0. The number of hydrogen-bond donors (Lipinski definition) is 0. The van der Waals surface area contributed by atoms with Crippen LogP contribution in [0, 0.1) is 18.3 Å². The summed E-state index contributed by atoms with van der Waals surface area (Å²) >= 11 is 3.29. The highest BCUT2D eigenvalue weighted by atomic mass is 79.9. The van der Waals surface area contributed by atoms with Gasteiger partial charge in [0.2, 0.25) is 5.88 Å². The molecule has 0 saturated heterocycles. The highest BCUT2D eigenvalue weighted by Gasteiger charge is 2.02. The summed E-state index contributed by atoms with van der Waals surface area (Å²) in [4.78, 5) is 4.19. The van der Waals surface area contributed by atoms with Crippen LogP contribution in [-0.4, -0.2) is 4.98 Å². The Kier molecular flexibility index (Phi) is 3.96. The van der Waals surface area contributed by atoms with Crippen LogP contribution in [0.3, 0.4) is 0 Å². The van der Waals surface area contributed by atoms with E-state index in [1.165, 1.54) is 0 Å². The molecule has 0 radical (unpaired) electrons. The molecule has 18 heavy (non-hydrogen) atoms. The van der Waals surface area contributed by atoms with Crippen LogP contribution in [0.4, 0.5) is 0 Å². The van der Waals surface area contributed by atoms with Crippen LogP contribution in [0.2, 0.25) is 0 Å². The number of benzene rings is 1. The van der Waals surface area contributed by atoms with Crippen molar-refractivity contribution in [1.82, 2.24) is 4.98 Å². The molecule has 0 spiro atoms. The zero-order valence-corrected chi connectivity index (χ0v) is 11.4. The lowest BCUT2D eigenvalue weighted by Gasteiger charge is -2.08. The van der Waals surface area contributed by atoms with Crippen molar-refractivity contribution in [2.75, 3.05) is 0 Å². The van der Waals surface area contributed by atoms with Crippen LogP contribution in [0.25, 0.3) is 0 Å². The molecule has 0 fully saturated rings.